The van der Waals surface area contributed by atoms with Crippen LogP contribution < -0.4 is 10.1 Å². The zero-order valence-electron chi connectivity index (χ0n) is 10.4. The van der Waals surface area contributed by atoms with Gasteiger partial charge in [-0.2, -0.15) is 0 Å². The van der Waals surface area contributed by atoms with Crippen LogP contribution in [0.2, 0.25) is 5.02 Å². The van der Waals surface area contributed by atoms with E-state index in [1.165, 1.54) is 12.8 Å². The Morgan fingerprint density at radius 1 is 1.42 bits per heavy atom. The fourth-order valence-corrected chi connectivity index (χ4v) is 2.63. The van der Waals surface area contributed by atoms with E-state index in [1.54, 1.807) is 17.5 Å². The number of nitrogens with one attached hydrogen (secondary N) is 1. The topological polar surface area (TPSA) is 34.1 Å². The Hall–Kier alpha value is -1.10. The van der Waals surface area contributed by atoms with Crippen LogP contribution >= 0.6 is 22.9 Å². The molecule has 1 fully saturated rings. The summed E-state index contributed by atoms with van der Waals surface area (Å²) in [5.41, 5.74) is 1.11. The van der Waals surface area contributed by atoms with Gasteiger partial charge in [0.1, 0.15) is 17.4 Å². The zero-order chi connectivity index (χ0) is 13.1. The summed E-state index contributed by atoms with van der Waals surface area (Å²) < 4.78 is 5.84. The first-order valence-electron chi connectivity index (χ1n) is 6.35. The molecule has 0 unspecified atom stereocenters. The van der Waals surface area contributed by atoms with E-state index in [-0.39, 0.29) is 0 Å². The maximum absolute atomic E-state index is 6.23. The third-order valence-corrected chi connectivity index (χ3v) is 4.08. The summed E-state index contributed by atoms with van der Waals surface area (Å²) in [6.45, 7) is 1.27. The van der Waals surface area contributed by atoms with Gasteiger partial charge in [-0.05, 0) is 18.9 Å². The molecule has 0 aliphatic heterocycles. The predicted molar refractivity (Wildman–Crippen MR) is 77.8 cm³/mol. The molecule has 1 heterocycles. The number of halogens is 1. The molecule has 1 aromatic heterocycles. The van der Waals surface area contributed by atoms with Crippen molar-refractivity contribution >= 4 is 22.9 Å². The number of rotatable bonds is 6. The second-order valence-corrected chi connectivity index (χ2v) is 5.98. The van der Waals surface area contributed by atoms with Gasteiger partial charge in [0, 0.05) is 29.7 Å². The van der Waals surface area contributed by atoms with E-state index in [0.29, 0.717) is 17.7 Å². The number of para-hydroxylation sites is 1. The highest BCUT2D eigenvalue weighted by Gasteiger charge is 2.21. The minimum absolute atomic E-state index is 0.470. The fraction of sp³-hybridized carbons (Fsp3) is 0.357. The van der Waals surface area contributed by atoms with Crippen LogP contribution in [0.4, 0.5) is 0 Å². The molecule has 0 radical (unpaired) electrons. The minimum atomic E-state index is 0.470. The first kappa shape index (κ1) is 12.9. The van der Waals surface area contributed by atoms with Crippen LogP contribution in [0.15, 0.2) is 29.8 Å². The summed E-state index contributed by atoms with van der Waals surface area (Å²) >= 11 is 7.82. The van der Waals surface area contributed by atoms with Crippen molar-refractivity contribution in [2.24, 2.45) is 0 Å². The van der Waals surface area contributed by atoms with Crippen LogP contribution in [-0.2, 0) is 13.2 Å². The highest BCUT2D eigenvalue weighted by Crippen LogP contribution is 2.30. The smallest absolute Gasteiger partial charge is 0.143 e. The summed E-state index contributed by atoms with van der Waals surface area (Å²) in [7, 11) is 0. The largest absolute Gasteiger partial charge is 0.485 e. The van der Waals surface area contributed by atoms with Crippen molar-refractivity contribution in [3.63, 3.8) is 0 Å². The summed E-state index contributed by atoms with van der Waals surface area (Å²) in [5.74, 6) is 0.771. The van der Waals surface area contributed by atoms with Crippen molar-refractivity contribution < 1.29 is 4.74 Å². The number of hydrogen-bond donors (Lipinski definition) is 1. The van der Waals surface area contributed by atoms with E-state index in [4.69, 9.17) is 16.3 Å². The normalized spacial score (nSPS) is 14.6. The second-order valence-electron chi connectivity index (χ2n) is 4.60. The van der Waals surface area contributed by atoms with E-state index in [2.05, 4.69) is 16.4 Å². The van der Waals surface area contributed by atoms with Gasteiger partial charge in [0.15, 0.2) is 0 Å². The van der Waals surface area contributed by atoms with E-state index in [0.717, 1.165) is 22.9 Å². The predicted octanol–water partition coefficient (Wildman–Crippen LogP) is 3.63. The molecule has 1 aromatic carbocycles. The monoisotopic (exact) mass is 294 g/mol. The highest BCUT2D eigenvalue weighted by atomic mass is 35.5. The maximum Gasteiger partial charge on any atom is 0.143 e. The van der Waals surface area contributed by atoms with Crippen molar-refractivity contribution in [2.45, 2.75) is 32.0 Å². The Labute approximate surface area is 121 Å². The van der Waals surface area contributed by atoms with Crippen LogP contribution in [0.5, 0.6) is 5.75 Å². The molecular formula is C14H15ClN2OS. The van der Waals surface area contributed by atoms with E-state index in [1.807, 2.05) is 17.5 Å². The van der Waals surface area contributed by atoms with Gasteiger partial charge in [-0.15, -0.1) is 11.3 Å². The Kier molecular flexibility index (Phi) is 4.01. The third kappa shape index (κ3) is 3.47. The average Bonchev–Trinajstić information content (AvgIpc) is 3.10. The molecule has 5 heteroatoms. The summed E-state index contributed by atoms with van der Waals surface area (Å²) in [6.07, 6.45) is 4.33. The van der Waals surface area contributed by atoms with Crippen LogP contribution in [0, 0.1) is 0 Å². The quantitative estimate of drug-likeness (QED) is 0.883. The minimum Gasteiger partial charge on any atom is -0.485 e. The Morgan fingerprint density at radius 2 is 2.32 bits per heavy atom. The molecule has 0 amide bonds. The lowest BCUT2D eigenvalue weighted by Gasteiger charge is -2.12. The van der Waals surface area contributed by atoms with Crippen LogP contribution in [0.3, 0.4) is 0 Å². The number of ether oxygens (including phenoxy) is 1. The van der Waals surface area contributed by atoms with Crippen LogP contribution in [0.1, 0.15) is 23.4 Å². The van der Waals surface area contributed by atoms with Gasteiger partial charge in [0.2, 0.25) is 0 Å². The van der Waals surface area contributed by atoms with E-state index < -0.39 is 0 Å². The third-order valence-electron chi connectivity index (χ3n) is 3.03. The number of benzene rings is 1. The molecule has 3 nitrogen and oxygen atoms in total. The lowest BCUT2D eigenvalue weighted by atomic mass is 10.2. The Bertz CT molecular complexity index is 540. The SMILES string of the molecule is Clc1cccc(CNC2CC2)c1OCc1nccs1. The lowest BCUT2D eigenvalue weighted by Crippen LogP contribution is -2.16. The van der Waals surface area contributed by atoms with Crippen LogP contribution in [-0.4, -0.2) is 11.0 Å². The Morgan fingerprint density at radius 3 is 3.05 bits per heavy atom. The van der Waals surface area contributed by atoms with E-state index >= 15 is 0 Å². The average molecular weight is 295 g/mol. The zero-order valence-corrected chi connectivity index (χ0v) is 12.0. The van der Waals surface area contributed by atoms with Crippen molar-refractivity contribution in [3.8, 4) is 5.75 Å². The van der Waals surface area contributed by atoms with Gasteiger partial charge in [-0.25, -0.2) is 4.98 Å². The molecule has 0 spiro atoms. The molecule has 0 saturated heterocycles. The van der Waals surface area contributed by atoms with E-state index in [9.17, 15) is 0 Å². The van der Waals surface area contributed by atoms with Gasteiger partial charge in [-0.1, -0.05) is 23.7 Å². The lowest BCUT2D eigenvalue weighted by molar-refractivity contribution is 0.301. The molecule has 1 aliphatic carbocycles. The summed E-state index contributed by atoms with van der Waals surface area (Å²) in [6, 6.07) is 6.55. The number of thiazole rings is 1. The van der Waals surface area contributed by atoms with Gasteiger partial charge in [0.05, 0.1) is 5.02 Å². The number of aromatic nitrogens is 1. The molecule has 1 saturated carbocycles. The molecule has 1 aliphatic rings. The van der Waals surface area contributed by atoms with Crippen molar-refractivity contribution in [2.75, 3.05) is 0 Å². The first-order valence-corrected chi connectivity index (χ1v) is 7.60. The molecule has 19 heavy (non-hydrogen) atoms. The summed E-state index contributed by atoms with van der Waals surface area (Å²) in [5, 5.41) is 7.05. The second kappa shape index (κ2) is 5.90. The fourth-order valence-electron chi connectivity index (χ4n) is 1.85. The molecule has 3 rings (SSSR count). The molecule has 2 aromatic rings. The van der Waals surface area contributed by atoms with Gasteiger partial charge >= 0.3 is 0 Å². The van der Waals surface area contributed by atoms with Crippen LogP contribution in [0.25, 0.3) is 0 Å². The van der Waals surface area contributed by atoms with Gasteiger partial charge in [-0.3, -0.25) is 0 Å². The number of hydrogen-bond acceptors (Lipinski definition) is 4. The molecule has 100 valence electrons. The van der Waals surface area contributed by atoms with Gasteiger partial charge < -0.3 is 10.1 Å². The van der Waals surface area contributed by atoms with Gasteiger partial charge in [0.25, 0.3) is 0 Å². The highest BCUT2D eigenvalue weighted by molar-refractivity contribution is 7.09. The first-order chi connectivity index (χ1) is 9.33. The Balaban J connectivity index is 1.69. The number of nitrogens with zero attached hydrogens (tertiary/aromatic N) is 1. The molecular weight excluding hydrogens is 280 g/mol. The maximum atomic E-state index is 6.23. The van der Waals surface area contributed by atoms with Crippen molar-refractivity contribution in [1.29, 1.82) is 0 Å². The molecule has 0 bridgehead atoms. The molecule has 0 atom stereocenters. The molecule has 1 N–H and O–H groups in total. The van der Waals surface area contributed by atoms with Crippen molar-refractivity contribution in [3.05, 3.63) is 45.4 Å². The standard InChI is InChI=1S/C14H15ClN2OS/c15-12-3-1-2-10(8-17-11-4-5-11)14(12)18-9-13-16-6-7-19-13/h1-3,6-7,11,17H,4-5,8-9H2. The summed E-state index contributed by atoms with van der Waals surface area (Å²) in [4.78, 5) is 4.21. The van der Waals surface area contributed by atoms with Crippen molar-refractivity contribution in [1.82, 2.24) is 10.3 Å².